The highest BCUT2D eigenvalue weighted by molar-refractivity contribution is 7.99. The molecule has 0 saturated carbocycles. The molecule has 1 aromatic heterocycles. The van der Waals surface area contributed by atoms with Crippen LogP contribution in [-0.4, -0.2) is 16.6 Å². The van der Waals surface area contributed by atoms with Gasteiger partial charge in [-0.1, -0.05) is 13.0 Å². The van der Waals surface area contributed by atoms with Crippen molar-refractivity contribution in [2.75, 3.05) is 16.8 Å². The number of carbonyl (C=O) groups excluding carboxylic acids is 1. The van der Waals surface area contributed by atoms with Gasteiger partial charge in [0, 0.05) is 11.1 Å². The summed E-state index contributed by atoms with van der Waals surface area (Å²) in [5.41, 5.74) is 7.45. The molecular formula is C15H17N3OS. The van der Waals surface area contributed by atoms with Crippen molar-refractivity contribution in [3.63, 3.8) is 0 Å². The second-order valence-corrected chi connectivity index (χ2v) is 5.43. The molecule has 0 spiro atoms. The first kappa shape index (κ1) is 14.4. The standard InChI is InChI=1S/C15H17N3OS/c1-2-9-20-11-6-7-12(16)14(10-11)18-15(19)13-5-3-4-8-17-13/h3-8,10H,2,9,16H2,1H3,(H,18,19). The van der Waals surface area contributed by atoms with Gasteiger partial charge in [-0.25, -0.2) is 0 Å². The van der Waals surface area contributed by atoms with Crippen molar-refractivity contribution in [1.29, 1.82) is 0 Å². The predicted molar refractivity (Wildman–Crippen MR) is 84.1 cm³/mol. The number of hydrogen-bond acceptors (Lipinski definition) is 4. The first-order chi connectivity index (χ1) is 9.70. The van der Waals surface area contributed by atoms with Crippen LogP contribution < -0.4 is 11.1 Å². The van der Waals surface area contributed by atoms with Gasteiger partial charge in [-0.3, -0.25) is 9.78 Å². The fourth-order valence-electron chi connectivity index (χ4n) is 1.64. The summed E-state index contributed by atoms with van der Waals surface area (Å²) in [6.45, 7) is 2.13. The molecule has 1 amide bonds. The minimum Gasteiger partial charge on any atom is -0.397 e. The van der Waals surface area contributed by atoms with Gasteiger partial charge in [0.25, 0.3) is 5.91 Å². The summed E-state index contributed by atoms with van der Waals surface area (Å²) in [4.78, 5) is 17.2. The Hall–Kier alpha value is -2.01. The Kier molecular flexibility index (Phi) is 5.01. The number of nitrogen functional groups attached to an aromatic ring is 1. The van der Waals surface area contributed by atoms with Gasteiger partial charge in [-0.05, 0) is 42.5 Å². The Morgan fingerprint density at radius 1 is 1.35 bits per heavy atom. The maximum absolute atomic E-state index is 12.1. The van der Waals surface area contributed by atoms with Gasteiger partial charge in [-0.2, -0.15) is 0 Å². The molecule has 0 saturated heterocycles. The van der Waals surface area contributed by atoms with Crippen LogP contribution in [0, 0.1) is 0 Å². The molecule has 4 nitrogen and oxygen atoms in total. The largest absolute Gasteiger partial charge is 0.397 e. The molecule has 0 aliphatic heterocycles. The highest BCUT2D eigenvalue weighted by Crippen LogP contribution is 2.27. The van der Waals surface area contributed by atoms with Crippen LogP contribution in [0.3, 0.4) is 0 Å². The first-order valence-corrected chi connectivity index (χ1v) is 7.44. The number of benzene rings is 1. The topological polar surface area (TPSA) is 68.0 Å². The van der Waals surface area contributed by atoms with Crippen molar-refractivity contribution >= 4 is 29.0 Å². The summed E-state index contributed by atoms with van der Waals surface area (Å²) < 4.78 is 0. The van der Waals surface area contributed by atoms with E-state index in [1.807, 2.05) is 18.2 Å². The molecule has 20 heavy (non-hydrogen) atoms. The number of amides is 1. The van der Waals surface area contributed by atoms with E-state index in [-0.39, 0.29) is 5.91 Å². The Morgan fingerprint density at radius 2 is 2.20 bits per heavy atom. The zero-order valence-corrected chi connectivity index (χ0v) is 12.1. The fourth-order valence-corrected chi connectivity index (χ4v) is 2.44. The lowest BCUT2D eigenvalue weighted by atomic mass is 10.2. The molecule has 1 heterocycles. The zero-order chi connectivity index (χ0) is 14.4. The van der Waals surface area contributed by atoms with Crippen molar-refractivity contribution in [2.24, 2.45) is 0 Å². The van der Waals surface area contributed by atoms with Crippen LogP contribution in [-0.2, 0) is 0 Å². The third-order valence-electron chi connectivity index (χ3n) is 2.64. The normalized spacial score (nSPS) is 10.2. The number of thioether (sulfide) groups is 1. The molecule has 0 atom stereocenters. The van der Waals surface area contributed by atoms with E-state index in [1.54, 1.807) is 36.2 Å². The summed E-state index contributed by atoms with van der Waals surface area (Å²) in [6, 6.07) is 10.9. The van der Waals surface area contributed by atoms with Gasteiger partial charge >= 0.3 is 0 Å². The molecule has 0 aliphatic rings. The number of aromatic nitrogens is 1. The lowest BCUT2D eigenvalue weighted by Gasteiger charge is -2.09. The predicted octanol–water partition coefficient (Wildman–Crippen LogP) is 3.42. The third kappa shape index (κ3) is 3.74. The van der Waals surface area contributed by atoms with Gasteiger partial charge in [0.2, 0.25) is 0 Å². The number of rotatable bonds is 5. The van der Waals surface area contributed by atoms with Crippen LogP contribution in [0.2, 0.25) is 0 Å². The minimum absolute atomic E-state index is 0.255. The van der Waals surface area contributed by atoms with E-state index in [0.717, 1.165) is 17.1 Å². The Bertz CT molecular complexity index is 587. The minimum atomic E-state index is -0.255. The second-order valence-electron chi connectivity index (χ2n) is 4.27. The van der Waals surface area contributed by atoms with E-state index in [0.29, 0.717) is 17.1 Å². The van der Waals surface area contributed by atoms with Gasteiger partial charge in [-0.15, -0.1) is 11.8 Å². The average molecular weight is 287 g/mol. The number of anilines is 2. The summed E-state index contributed by atoms with van der Waals surface area (Å²) in [5.74, 6) is 0.785. The third-order valence-corrected chi connectivity index (χ3v) is 3.84. The molecule has 104 valence electrons. The summed E-state index contributed by atoms with van der Waals surface area (Å²) in [5, 5.41) is 2.80. The number of hydrogen-bond donors (Lipinski definition) is 2. The lowest BCUT2D eigenvalue weighted by Crippen LogP contribution is -2.14. The van der Waals surface area contributed by atoms with Crippen LogP contribution >= 0.6 is 11.8 Å². The molecule has 2 rings (SSSR count). The average Bonchev–Trinajstić information content (AvgIpc) is 2.49. The van der Waals surface area contributed by atoms with Crippen molar-refractivity contribution in [3.8, 4) is 0 Å². The summed E-state index contributed by atoms with van der Waals surface area (Å²) in [6.07, 6.45) is 2.69. The Labute approximate surface area is 122 Å². The smallest absolute Gasteiger partial charge is 0.274 e. The van der Waals surface area contributed by atoms with E-state index < -0.39 is 0 Å². The molecule has 0 bridgehead atoms. The highest BCUT2D eigenvalue weighted by Gasteiger charge is 2.09. The van der Waals surface area contributed by atoms with Crippen molar-refractivity contribution in [1.82, 2.24) is 4.98 Å². The molecule has 0 unspecified atom stereocenters. The number of pyridine rings is 1. The van der Waals surface area contributed by atoms with Crippen LogP contribution in [0.1, 0.15) is 23.8 Å². The van der Waals surface area contributed by atoms with Gasteiger partial charge in [0.1, 0.15) is 5.69 Å². The maximum atomic E-state index is 12.1. The maximum Gasteiger partial charge on any atom is 0.274 e. The Balaban J connectivity index is 2.14. The second kappa shape index (κ2) is 6.96. The van der Waals surface area contributed by atoms with E-state index in [2.05, 4.69) is 17.2 Å². The van der Waals surface area contributed by atoms with Gasteiger partial charge < -0.3 is 11.1 Å². The van der Waals surface area contributed by atoms with Crippen molar-refractivity contribution in [2.45, 2.75) is 18.2 Å². The van der Waals surface area contributed by atoms with Crippen LogP contribution in [0.15, 0.2) is 47.5 Å². The van der Waals surface area contributed by atoms with Gasteiger partial charge in [0.05, 0.1) is 11.4 Å². The zero-order valence-electron chi connectivity index (χ0n) is 11.3. The molecule has 2 aromatic rings. The summed E-state index contributed by atoms with van der Waals surface area (Å²) >= 11 is 1.74. The van der Waals surface area contributed by atoms with E-state index in [9.17, 15) is 4.79 Å². The molecular weight excluding hydrogens is 270 g/mol. The number of nitrogens with one attached hydrogen (secondary N) is 1. The monoisotopic (exact) mass is 287 g/mol. The number of nitrogens with zero attached hydrogens (tertiary/aromatic N) is 1. The Morgan fingerprint density at radius 3 is 2.90 bits per heavy atom. The first-order valence-electron chi connectivity index (χ1n) is 6.45. The number of carbonyl (C=O) groups is 1. The van der Waals surface area contributed by atoms with E-state index >= 15 is 0 Å². The molecule has 1 aromatic carbocycles. The van der Waals surface area contributed by atoms with Crippen LogP contribution in [0.25, 0.3) is 0 Å². The van der Waals surface area contributed by atoms with Crippen LogP contribution in [0.5, 0.6) is 0 Å². The van der Waals surface area contributed by atoms with E-state index in [4.69, 9.17) is 5.73 Å². The van der Waals surface area contributed by atoms with Crippen LogP contribution in [0.4, 0.5) is 11.4 Å². The molecule has 5 heteroatoms. The molecule has 0 fully saturated rings. The SMILES string of the molecule is CCCSc1ccc(N)c(NC(=O)c2ccccn2)c1. The van der Waals surface area contributed by atoms with Crippen molar-refractivity contribution < 1.29 is 4.79 Å². The highest BCUT2D eigenvalue weighted by atomic mass is 32.2. The number of nitrogens with two attached hydrogens (primary N) is 1. The van der Waals surface area contributed by atoms with Gasteiger partial charge in [0.15, 0.2) is 0 Å². The quantitative estimate of drug-likeness (QED) is 0.653. The fraction of sp³-hybridized carbons (Fsp3) is 0.200. The lowest BCUT2D eigenvalue weighted by molar-refractivity contribution is 0.102. The molecule has 3 N–H and O–H groups in total. The molecule has 0 radical (unpaired) electrons. The summed E-state index contributed by atoms with van der Waals surface area (Å²) in [7, 11) is 0. The van der Waals surface area contributed by atoms with E-state index in [1.165, 1.54) is 0 Å². The van der Waals surface area contributed by atoms with Crippen molar-refractivity contribution in [3.05, 3.63) is 48.3 Å². The molecule has 0 aliphatic carbocycles.